The van der Waals surface area contributed by atoms with E-state index in [2.05, 4.69) is 67.2 Å². The maximum Gasteiger partial charge on any atom is 0.0840 e. The number of hydrogen-bond acceptors (Lipinski definition) is 3. The molecule has 0 saturated heterocycles. The molecule has 1 N–H and O–H groups in total. The quantitative estimate of drug-likeness (QED) is 0.475. The molecular formula is C21H26N2O. The van der Waals surface area contributed by atoms with Gasteiger partial charge in [0.05, 0.1) is 5.71 Å². The topological polar surface area (TPSA) is 35.8 Å². The predicted octanol–water partition coefficient (Wildman–Crippen LogP) is 5.27. The van der Waals surface area contributed by atoms with Gasteiger partial charge in [-0.3, -0.25) is 0 Å². The molecule has 0 spiro atoms. The molecule has 2 aromatic carbocycles. The van der Waals surface area contributed by atoms with Crippen LogP contribution in [0.25, 0.3) is 0 Å². The van der Waals surface area contributed by atoms with Crippen LogP contribution in [0.4, 0.5) is 11.4 Å². The Labute approximate surface area is 144 Å². The summed E-state index contributed by atoms with van der Waals surface area (Å²) in [6.45, 7) is 9.65. The van der Waals surface area contributed by atoms with Gasteiger partial charge >= 0.3 is 0 Å². The van der Waals surface area contributed by atoms with Crippen LogP contribution in [0, 0.1) is 0 Å². The zero-order chi connectivity index (χ0) is 17.3. The molecule has 24 heavy (non-hydrogen) atoms. The van der Waals surface area contributed by atoms with Gasteiger partial charge in [-0.25, -0.2) is 0 Å². The summed E-state index contributed by atoms with van der Waals surface area (Å²) >= 11 is 0. The Morgan fingerprint density at radius 1 is 1.21 bits per heavy atom. The van der Waals surface area contributed by atoms with Crippen molar-refractivity contribution in [2.45, 2.75) is 46.0 Å². The average Bonchev–Trinajstić information content (AvgIpc) is 2.61. The van der Waals surface area contributed by atoms with E-state index in [1.165, 1.54) is 22.5 Å². The Morgan fingerprint density at radius 3 is 2.54 bits per heavy atom. The molecule has 0 radical (unpaired) electrons. The first-order valence-corrected chi connectivity index (χ1v) is 8.67. The van der Waals surface area contributed by atoms with Crippen LogP contribution in [0.5, 0.6) is 0 Å². The monoisotopic (exact) mass is 322 g/mol. The third-order valence-electron chi connectivity index (χ3n) is 5.19. The lowest BCUT2D eigenvalue weighted by Gasteiger charge is -2.41. The summed E-state index contributed by atoms with van der Waals surface area (Å²) < 4.78 is 0. The highest BCUT2D eigenvalue weighted by Gasteiger charge is 2.32. The Morgan fingerprint density at radius 2 is 1.92 bits per heavy atom. The molecule has 0 amide bonds. The van der Waals surface area contributed by atoms with Crippen molar-refractivity contribution < 1.29 is 5.21 Å². The Balaban J connectivity index is 2.23. The Kier molecular flexibility index (Phi) is 4.35. The van der Waals surface area contributed by atoms with Crippen molar-refractivity contribution in [1.82, 2.24) is 0 Å². The number of fused-ring (bicyclic) bond motifs is 1. The summed E-state index contributed by atoms with van der Waals surface area (Å²) in [5, 5.41) is 12.7. The summed E-state index contributed by atoms with van der Waals surface area (Å²) in [5.41, 5.74) is 6.92. The number of hydrogen-bond donors (Lipinski definition) is 1. The van der Waals surface area contributed by atoms with Crippen molar-refractivity contribution in [2.24, 2.45) is 5.16 Å². The number of rotatable bonds is 3. The van der Waals surface area contributed by atoms with E-state index in [1.54, 1.807) is 0 Å². The molecule has 0 bridgehead atoms. The summed E-state index contributed by atoms with van der Waals surface area (Å²) in [6, 6.07) is 15.0. The number of anilines is 2. The molecule has 1 heterocycles. The van der Waals surface area contributed by atoms with Gasteiger partial charge < -0.3 is 10.1 Å². The van der Waals surface area contributed by atoms with E-state index in [0.29, 0.717) is 5.71 Å². The fourth-order valence-corrected chi connectivity index (χ4v) is 3.60. The first-order valence-electron chi connectivity index (χ1n) is 8.67. The predicted molar refractivity (Wildman–Crippen MR) is 101 cm³/mol. The first kappa shape index (κ1) is 16.6. The van der Waals surface area contributed by atoms with Crippen LogP contribution in [0.15, 0.2) is 47.6 Å². The van der Waals surface area contributed by atoms with Crippen LogP contribution >= 0.6 is 0 Å². The van der Waals surface area contributed by atoms with Crippen LogP contribution < -0.4 is 4.90 Å². The van der Waals surface area contributed by atoms with Crippen LogP contribution in [-0.2, 0) is 11.8 Å². The van der Waals surface area contributed by atoms with Crippen molar-refractivity contribution in [3.63, 3.8) is 0 Å². The highest BCUT2D eigenvalue weighted by atomic mass is 16.4. The number of para-hydroxylation sites is 1. The maximum absolute atomic E-state index is 9.27. The van der Waals surface area contributed by atoms with Gasteiger partial charge in [-0.15, -0.1) is 0 Å². The molecule has 1 aliphatic heterocycles. The molecule has 1 aliphatic rings. The zero-order valence-electron chi connectivity index (χ0n) is 15.0. The van der Waals surface area contributed by atoms with Crippen LogP contribution in [0.1, 0.15) is 50.8 Å². The van der Waals surface area contributed by atoms with Crippen LogP contribution in [0.3, 0.4) is 0 Å². The molecule has 0 atom stereocenters. The molecule has 3 nitrogen and oxygen atoms in total. The van der Waals surface area contributed by atoms with Gasteiger partial charge in [-0.05, 0) is 54.5 Å². The lowest BCUT2D eigenvalue weighted by atomic mass is 9.76. The molecular weight excluding hydrogens is 296 g/mol. The third-order valence-corrected chi connectivity index (χ3v) is 5.19. The zero-order valence-corrected chi connectivity index (χ0v) is 15.0. The summed E-state index contributed by atoms with van der Waals surface area (Å²) in [5.74, 6) is 0. The Bertz CT molecular complexity index is 763. The minimum absolute atomic E-state index is 0.146. The second kappa shape index (κ2) is 6.31. The molecule has 3 rings (SSSR count). The van der Waals surface area contributed by atoms with Gasteiger partial charge in [0, 0.05) is 23.5 Å². The second-order valence-corrected chi connectivity index (χ2v) is 7.19. The van der Waals surface area contributed by atoms with E-state index < -0.39 is 0 Å². The number of oxime groups is 1. The molecule has 0 unspecified atom stereocenters. The van der Waals surface area contributed by atoms with Crippen molar-refractivity contribution in [3.05, 3.63) is 59.2 Å². The maximum atomic E-state index is 9.27. The van der Waals surface area contributed by atoms with Gasteiger partial charge in [0.1, 0.15) is 0 Å². The summed E-state index contributed by atoms with van der Waals surface area (Å²) in [4.78, 5) is 2.38. The molecule has 0 aromatic heterocycles. The van der Waals surface area contributed by atoms with Gasteiger partial charge in [-0.1, -0.05) is 50.2 Å². The minimum atomic E-state index is 0.146. The van der Waals surface area contributed by atoms with Crippen molar-refractivity contribution in [1.29, 1.82) is 0 Å². The molecule has 0 saturated carbocycles. The molecule has 3 heteroatoms. The SMILES string of the molecule is CCc1cc2c(cc1/C(C)=N/O)N(c1ccccc1)CCC2(C)C. The van der Waals surface area contributed by atoms with E-state index in [1.807, 2.05) is 13.0 Å². The second-order valence-electron chi connectivity index (χ2n) is 7.19. The number of aryl methyl sites for hydroxylation is 1. The van der Waals surface area contributed by atoms with Crippen molar-refractivity contribution >= 4 is 17.1 Å². The van der Waals surface area contributed by atoms with E-state index in [-0.39, 0.29) is 5.41 Å². The van der Waals surface area contributed by atoms with Crippen molar-refractivity contribution in [2.75, 3.05) is 11.4 Å². The van der Waals surface area contributed by atoms with Crippen molar-refractivity contribution in [3.8, 4) is 0 Å². The number of benzene rings is 2. The summed E-state index contributed by atoms with van der Waals surface area (Å²) in [6.07, 6.45) is 2.04. The minimum Gasteiger partial charge on any atom is -0.411 e. The molecule has 0 aliphatic carbocycles. The first-order chi connectivity index (χ1) is 11.5. The highest BCUT2D eigenvalue weighted by Crippen LogP contribution is 2.44. The van der Waals surface area contributed by atoms with E-state index >= 15 is 0 Å². The largest absolute Gasteiger partial charge is 0.411 e. The molecule has 126 valence electrons. The van der Waals surface area contributed by atoms with E-state index in [4.69, 9.17) is 0 Å². The fraction of sp³-hybridized carbons (Fsp3) is 0.381. The van der Waals surface area contributed by atoms with Crippen LogP contribution in [0.2, 0.25) is 0 Å². The summed E-state index contributed by atoms with van der Waals surface area (Å²) in [7, 11) is 0. The molecule has 2 aromatic rings. The Hall–Kier alpha value is -2.29. The fourth-order valence-electron chi connectivity index (χ4n) is 3.60. The van der Waals surface area contributed by atoms with Gasteiger partial charge in [0.2, 0.25) is 0 Å². The highest BCUT2D eigenvalue weighted by molar-refractivity contribution is 6.01. The lowest BCUT2D eigenvalue weighted by Crippen LogP contribution is -2.35. The molecule has 0 fully saturated rings. The lowest BCUT2D eigenvalue weighted by molar-refractivity contribution is 0.319. The van der Waals surface area contributed by atoms with E-state index in [0.717, 1.165) is 24.9 Å². The normalized spacial score (nSPS) is 16.8. The third kappa shape index (κ3) is 2.79. The number of nitrogens with zero attached hydrogens (tertiary/aromatic N) is 2. The van der Waals surface area contributed by atoms with Gasteiger partial charge in [0.15, 0.2) is 0 Å². The average molecular weight is 322 g/mol. The standard InChI is InChI=1S/C21H26N2O/c1-5-16-13-19-20(14-18(16)15(2)22-24)23(12-11-21(19,3)4)17-9-7-6-8-10-17/h6-10,13-14,24H,5,11-12H2,1-4H3/b22-15+. The van der Waals surface area contributed by atoms with E-state index in [9.17, 15) is 5.21 Å². The van der Waals surface area contributed by atoms with Gasteiger partial charge in [-0.2, -0.15) is 0 Å². The smallest absolute Gasteiger partial charge is 0.0840 e. The van der Waals surface area contributed by atoms with Gasteiger partial charge in [0.25, 0.3) is 0 Å². The van der Waals surface area contributed by atoms with Crippen LogP contribution in [-0.4, -0.2) is 17.5 Å².